The van der Waals surface area contributed by atoms with Crippen molar-refractivity contribution in [2.24, 2.45) is 7.05 Å². The Morgan fingerprint density at radius 1 is 1.03 bits per heavy atom. The number of amides is 1. The number of carbonyl (C=O) groups is 1. The molecule has 0 spiro atoms. The predicted molar refractivity (Wildman–Crippen MR) is 97.6 cm³/mol. The first-order valence-electron chi connectivity index (χ1n) is 9.63. The van der Waals surface area contributed by atoms with Gasteiger partial charge < -0.3 is 5.32 Å². The minimum absolute atomic E-state index is 0.0204. The quantitative estimate of drug-likeness (QED) is 0.546. The van der Waals surface area contributed by atoms with Gasteiger partial charge in [0.15, 0.2) is 11.5 Å². The summed E-state index contributed by atoms with van der Waals surface area (Å²) in [4.78, 5) is 12.3. The maximum absolute atomic E-state index is 13.9. The van der Waals surface area contributed by atoms with Crippen molar-refractivity contribution in [3.8, 4) is 11.5 Å². The van der Waals surface area contributed by atoms with Crippen molar-refractivity contribution in [3.63, 3.8) is 0 Å². The number of nitrogens with zero attached hydrogens (tertiary/aromatic N) is 6. The summed E-state index contributed by atoms with van der Waals surface area (Å²) >= 11 is 0. The van der Waals surface area contributed by atoms with Crippen molar-refractivity contribution >= 4 is 5.91 Å². The molecular weight excluding hydrogens is 482 g/mol. The highest BCUT2D eigenvalue weighted by Gasteiger charge is 2.64. The second-order valence-electron chi connectivity index (χ2n) is 7.70. The van der Waals surface area contributed by atoms with E-state index < -0.39 is 41.3 Å². The van der Waals surface area contributed by atoms with Gasteiger partial charge >= 0.3 is 18.3 Å². The summed E-state index contributed by atoms with van der Waals surface area (Å²) in [7, 11) is 0.778. The van der Waals surface area contributed by atoms with Gasteiger partial charge in [-0.25, -0.2) is 14.0 Å². The second kappa shape index (κ2) is 7.53. The van der Waals surface area contributed by atoms with Crippen molar-refractivity contribution in [2.45, 2.75) is 44.1 Å². The number of hydrogen-bond acceptors (Lipinski definition) is 4. The highest BCUT2D eigenvalue weighted by Crippen LogP contribution is 2.49. The first-order chi connectivity index (χ1) is 15.6. The third-order valence-corrected chi connectivity index (χ3v) is 5.06. The van der Waals surface area contributed by atoms with E-state index >= 15 is 0 Å². The number of aryl methyl sites for hydroxylation is 2. The molecular formula is C18H15F8N7O. The molecule has 1 aliphatic rings. The molecule has 16 heteroatoms. The average Bonchev–Trinajstić information content (AvgIpc) is 3.10. The van der Waals surface area contributed by atoms with Crippen LogP contribution in [0.3, 0.4) is 0 Å². The Hall–Kier alpha value is -3.46. The Bertz CT molecular complexity index is 1250. The van der Waals surface area contributed by atoms with E-state index in [2.05, 4.69) is 20.6 Å². The van der Waals surface area contributed by atoms with Crippen LogP contribution in [0.2, 0.25) is 0 Å². The topological polar surface area (TPSA) is 82.6 Å². The Morgan fingerprint density at radius 3 is 2.24 bits per heavy atom. The largest absolute Gasteiger partial charge is 0.459 e. The average molecular weight is 497 g/mol. The van der Waals surface area contributed by atoms with E-state index in [0.717, 1.165) is 37.0 Å². The molecule has 3 aromatic heterocycles. The molecule has 1 amide bonds. The van der Waals surface area contributed by atoms with Gasteiger partial charge in [-0.3, -0.25) is 4.79 Å². The number of alkyl halides is 8. The number of nitrogens with one attached hydrogen (secondary N) is 1. The molecule has 0 radical (unpaired) electrons. The number of aromatic nitrogens is 6. The van der Waals surface area contributed by atoms with E-state index in [4.69, 9.17) is 0 Å². The summed E-state index contributed by atoms with van der Waals surface area (Å²) < 4.78 is 109. The molecule has 3 heterocycles. The van der Waals surface area contributed by atoms with E-state index in [1.165, 1.54) is 13.1 Å². The third kappa shape index (κ3) is 4.00. The van der Waals surface area contributed by atoms with Crippen LogP contribution in [-0.4, -0.2) is 47.5 Å². The highest BCUT2D eigenvalue weighted by atomic mass is 19.4. The molecule has 4 rings (SSSR count). The minimum Gasteiger partial charge on any atom is -0.349 e. The van der Waals surface area contributed by atoms with Crippen molar-refractivity contribution in [1.29, 1.82) is 0 Å². The molecule has 1 fully saturated rings. The van der Waals surface area contributed by atoms with E-state index in [-0.39, 0.29) is 22.0 Å². The zero-order chi connectivity index (χ0) is 25.2. The van der Waals surface area contributed by atoms with Crippen LogP contribution in [0.25, 0.3) is 11.5 Å². The van der Waals surface area contributed by atoms with Crippen LogP contribution < -0.4 is 5.32 Å². The van der Waals surface area contributed by atoms with E-state index in [9.17, 15) is 39.9 Å². The third-order valence-electron chi connectivity index (χ3n) is 5.06. The van der Waals surface area contributed by atoms with Crippen LogP contribution in [0.5, 0.6) is 0 Å². The first-order valence-corrected chi connectivity index (χ1v) is 9.63. The lowest BCUT2D eigenvalue weighted by Gasteiger charge is -2.19. The molecule has 0 bridgehead atoms. The van der Waals surface area contributed by atoms with Crippen molar-refractivity contribution in [1.82, 2.24) is 34.7 Å². The smallest absolute Gasteiger partial charge is 0.349 e. The number of carbonyl (C=O) groups excluding carboxylic acids is 1. The van der Waals surface area contributed by atoms with Crippen molar-refractivity contribution in [3.05, 3.63) is 41.1 Å². The molecule has 3 aromatic rings. The van der Waals surface area contributed by atoms with Gasteiger partial charge in [0.05, 0.1) is 23.7 Å². The van der Waals surface area contributed by atoms with Crippen molar-refractivity contribution < 1.29 is 39.9 Å². The molecule has 1 saturated carbocycles. The van der Waals surface area contributed by atoms with E-state index in [1.54, 1.807) is 0 Å². The number of halogens is 8. The fourth-order valence-electron chi connectivity index (χ4n) is 3.25. The molecule has 1 aliphatic carbocycles. The van der Waals surface area contributed by atoms with Gasteiger partial charge in [0.25, 0.3) is 5.91 Å². The SMILES string of the molecule is Cc1nn(-c2cnn(-c3c(C(F)(F)F)c(C(F)(F)C(F)(F)F)nn3C)c2)cc1C(=O)NC1CC1. The van der Waals surface area contributed by atoms with Gasteiger partial charge in [-0.15, -0.1) is 0 Å². The highest BCUT2D eigenvalue weighted by molar-refractivity contribution is 5.95. The summed E-state index contributed by atoms with van der Waals surface area (Å²) in [6.45, 7) is 1.52. The van der Waals surface area contributed by atoms with Crippen LogP contribution >= 0.6 is 0 Å². The summed E-state index contributed by atoms with van der Waals surface area (Å²) in [5, 5.41) is 13.4. The minimum atomic E-state index is -6.31. The lowest BCUT2D eigenvalue weighted by atomic mass is 10.1. The molecule has 0 atom stereocenters. The molecule has 8 nitrogen and oxygen atoms in total. The predicted octanol–water partition coefficient (Wildman–Crippen LogP) is 3.67. The van der Waals surface area contributed by atoms with Gasteiger partial charge in [-0.05, 0) is 19.8 Å². The lowest BCUT2D eigenvalue weighted by Crippen LogP contribution is -2.36. The molecule has 184 valence electrons. The maximum atomic E-state index is 13.9. The second-order valence-corrected chi connectivity index (χ2v) is 7.70. The van der Waals surface area contributed by atoms with E-state index in [1.807, 2.05) is 0 Å². The molecule has 1 N–H and O–H groups in total. The molecule has 0 saturated heterocycles. The standard InChI is InChI=1S/C18H15F8N7O/c1-8-11(14(34)28-9-3-4-9)7-32(29-8)10-5-27-33(6-10)15-12(17(21,22)23)13(30-31(15)2)16(19,20)18(24,25)26/h5-7,9H,3-4H2,1-2H3,(H,28,34). The maximum Gasteiger partial charge on any atom is 0.459 e. The first kappa shape index (κ1) is 23.7. The Balaban J connectivity index is 1.77. The zero-order valence-electron chi connectivity index (χ0n) is 17.3. The molecule has 34 heavy (non-hydrogen) atoms. The Morgan fingerprint density at radius 2 is 1.68 bits per heavy atom. The van der Waals surface area contributed by atoms with Crippen LogP contribution in [0.1, 0.15) is 40.2 Å². The lowest BCUT2D eigenvalue weighted by molar-refractivity contribution is -0.292. The number of hydrogen-bond donors (Lipinski definition) is 1. The number of rotatable bonds is 5. The van der Waals surface area contributed by atoms with Crippen LogP contribution in [0, 0.1) is 6.92 Å². The summed E-state index contributed by atoms with van der Waals surface area (Å²) in [5.41, 5.74) is -4.26. The van der Waals surface area contributed by atoms with Gasteiger partial charge in [0.2, 0.25) is 0 Å². The van der Waals surface area contributed by atoms with Crippen molar-refractivity contribution in [2.75, 3.05) is 0 Å². The summed E-state index contributed by atoms with van der Waals surface area (Å²) in [5.74, 6) is -7.43. The normalized spacial score (nSPS) is 15.1. The van der Waals surface area contributed by atoms with Crippen LogP contribution in [0.4, 0.5) is 35.1 Å². The van der Waals surface area contributed by atoms with Gasteiger partial charge in [-0.2, -0.15) is 50.4 Å². The summed E-state index contributed by atoms with van der Waals surface area (Å²) in [6, 6.07) is 0.0626. The van der Waals surface area contributed by atoms with Gasteiger partial charge in [-0.1, -0.05) is 0 Å². The van der Waals surface area contributed by atoms with E-state index in [0.29, 0.717) is 10.4 Å². The fourth-order valence-corrected chi connectivity index (χ4v) is 3.25. The van der Waals surface area contributed by atoms with Crippen LogP contribution in [0.15, 0.2) is 18.6 Å². The molecule has 0 aromatic carbocycles. The zero-order valence-corrected chi connectivity index (χ0v) is 17.3. The monoisotopic (exact) mass is 497 g/mol. The van der Waals surface area contributed by atoms with Gasteiger partial charge in [0.1, 0.15) is 11.3 Å². The van der Waals surface area contributed by atoms with Crippen LogP contribution in [-0.2, 0) is 19.1 Å². The summed E-state index contributed by atoms with van der Waals surface area (Å²) in [6.07, 6.45) is -7.01. The fraction of sp³-hybridized carbons (Fsp3) is 0.444. The Kier molecular flexibility index (Phi) is 5.24. The molecule has 0 aliphatic heterocycles. The Labute approximate surface area is 185 Å². The molecule has 0 unspecified atom stereocenters. The van der Waals surface area contributed by atoms with Gasteiger partial charge in [0, 0.05) is 19.3 Å².